The molecule has 0 saturated carbocycles. The van der Waals surface area contributed by atoms with Crippen molar-refractivity contribution in [2.24, 2.45) is 0 Å². The van der Waals surface area contributed by atoms with Crippen molar-refractivity contribution in [2.75, 3.05) is 0 Å². The molecule has 146 valence electrons. The highest BCUT2D eigenvalue weighted by Gasteiger charge is 2.11. The van der Waals surface area contributed by atoms with Crippen LogP contribution in [-0.4, -0.2) is 20.9 Å². The number of hydrogen-bond donors (Lipinski definition) is 2. The van der Waals surface area contributed by atoms with Gasteiger partial charge in [-0.2, -0.15) is 0 Å². The molecule has 0 aliphatic rings. The topological polar surface area (TPSA) is 87.7 Å². The maximum absolute atomic E-state index is 12.6. The highest BCUT2D eigenvalue weighted by atomic mass is 16.1. The third kappa shape index (κ3) is 3.61. The molecule has 0 saturated heterocycles. The Morgan fingerprint density at radius 3 is 2.38 bits per heavy atom. The van der Waals surface area contributed by atoms with Crippen LogP contribution in [0.1, 0.15) is 38.4 Å². The zero-order valence-electron chi connectivity index (χ0n) is 16.9. The molecular weight excluding hydrogens is 364 g/mol. The van der Waals surface area contributed by atoms with Crippen LogP contribution >= 0.6 is 0 Å². The summed E-state index contributed by atoms with van der Waals surface area (Å²) >= 11 is 0. The van der Waals surface area contributed by atoms with E-state index in [-0.39, 0.29) is 18.0 Å². The fourth-order valence-corrected chi connectivity index (χ4v) is 3.30. The first kappa shape index (κ1) is 18.8. The second kappa shape index (κ2) is 7.13. The molecule has 0 atom stereocenters. The van der Waals surface area contributed by atoms with Crippen molar-refractivity contribution in [1.29, 1.82) is 0 Å². The van der Waals surface area contributed by atoms with E-state index >= 15 is 0 Å². The molecule has 1 amide bonds. The molecule has 0 bridgehead atoms. The minimum Gasteiger partial charge on any atom is -0.348 e. The Kier molecular flexibility index (Phi) is 4.62. The predicted octanol–water partition coefficient (Wildman–Crippen LogP) is 3.63. The summed E-state index contributed by atoms with van der Waals surface area (Å²) in [4.78, 5) is 36.9. The maximum Gasteiger partial charge on any atom is 0.253 e. The molecule has 0 fully saturated rings. The van der Waals surface area contributed by atoms with E-state index in [4.69, 9.17) is 0 Å². The molecule has 29 heavy (non-hydrogen) atoms. The zero-order chi connectivity index (χ0) is 20.7. The second-order valence-corrected chi connectivity index (χ2v) is 7.43. The van der Waals surface area contributed by atoms with E-state index in [2.05, 4.69) is 20.3 Å². The van der Waals surface area contributed by atoms with Crippen LogP contribution in [0.3, 0.4) is 0 Å². The van der Waals surface area contributed by atoms with Gasteiger partial charge in [-0.15, -0.1) is 0 Å². The Labute approximate surface area is 168 Å². The maximum atomic E-state index is 12.6. The molecule has 0 radical (unpaired) electrons. The van der Waals surface area contributed by atoms with Gasteiger partial charge in [0.25, 0.3) is 11.5 Å². The normalized spacial score (nSPS) is 11.2. The molecule has 2 aromatic heterocycles. The first-order valence-electron chi connectivity index (χ1n) is 9.48. The number of nitrogens with zero attached hydrogens (tertiary/aromatic N) is 2. The highest BCUT2D eigenvalue weighted by molar-refractivity contribution is 5.97. The monoisotopic (exact) mass is 386 g/mol. The number of rotatable bonds is 3. The lowest BCUT2D eigenvalue weighted by Gasteiger charge is -2.09. The summed E-state index contributed by atoms with van der Waals surface area (Å²) in [6.07, 6.45) is 0. The van der Waals surface area contributed by atoms with Crippen molar-refractivity contribution in [3.8, 4) is 0 Å². The molecular formula is C23H22N4O2. The van der Waals surface area contributed by atoms with Gasteiger partial charge in [-0.3, -0.25) is 9.59 Å². The van der Waals surface area contributed by atoms with Crippen LogP contribution < -0.4 is 10.9 Å². The summed E-state index contributed by atoms with van der Waals surface area (Å²) in [5.41, 5.74) is 7.01. The largest absolute Gasteiger partial charge is 0.348 e. The van der Waals surface area contributed by atoms with Crippen LogP contribution in [0.5, 0.6) is 0 Å². The Morgan fingerprint density at radius 2 is 1.62 bits per heavy atom. The van der Waals surface area contributed by atoms with Gasteiger partial charge >= 0.3 is 0 Å². The quantitative estimate of drug-likeness (QED) is 0.563. The SMILES string of the molecule is Cc1cc2cc(CNC(=O)c3ccc4nc(C)c(C)nc4c3)c(=O)[nH]c2cc1C. The standard InChI is InChI=1S/C23H22N4O2/c1-12-7-17-9-18(23(29)27-20(17)8-13(12)2)11-24-22(28)16-5-6-19-21(10-16)26-15(4)14(3)25-19/h5-10H,11H2,1-4H3,(H,24,28)(H,27,29). The van der Waals surface area contributed by atoms with Crippen LogP contribution in [0, 0.1) is 27.7 Å². The molecule has 2 aromatic carbocycles. The number of benzene rings is 2. The summed E-state index contributed by atoms with van der Waals surface area (Å²) in [6.45, 7) is 7.99. The highest BCUT2D eigenvalue weighted by Crippen LogP contribution is 2.18. The number of aryl methyl sites for hydroxylation is 4. The lowest BCUT2D eigenvalue weighted by atomic mass is 10.0. The Balaban J connectivity index is 1.58. The number of carbonyl (C=O) groups excluding carboxylic acids is 1. The van der Waals surface area contributed by atoms with Gasteiger partial charge in [0.15, 0.2) is 0 Å². The van der Waals surface area contributed by atoms with Crippen molar-refractivity contribution in [2.45, 2.75) is 34.2 Å². The van der Waals surface area contributed by atoms with Gasteiger partial charge in [0.1, 0.15) is 0 Å². The van der Waals surface area contributed by atoms with E-state index in [0.29, 0.717) is 16.6 Å². The molecule has 6 nitrogen and oxygen atoms in total. The van der Waals surface area contributed by atoms with E-state index in [9.17, 15) is 9.59 Å². The third-order valence-electron chi connectivity index (χ3n) is 5.31. The molecule has 6 heteroatoms. The first-order chi connectivity index (χ1) is 13.8. The molecule has 0 aliphatic heterocycles. The lowest BCUT2D eigenvalue weighted by molar-refractivity contribution is 0.0951. The van der Waals surface area contributed by atoms with E-state index < -0.39 is 0 Å². The van der Waals surface area contributed by atoms with Gasteiger partial charge in [0.05, 0.1) is 22.4 Å². The van der Waals surface area contributed by atoms with Crippen molar-refractivity contribution < 1.29 is 4.79 Å². The summed E-state index contributed by atoms with van der Waals surface area (Å²) in [5.74, 6) is -0.258. The smallest absolute Gasteiger partial charge is 0.253 e. The molecule has 4 rings (SSSR count). The molecule has 2 heterocycles. The Hall–Kier alpha value is -3.54. The lowest BCUT2D eigenvalue weighted by Crippen LogP contribution is -2.26. The number of H-pyrrole nitrogens is 1. The number of fused-ring (bicyclic) bond motifs is 2. The minimum atomic E-state index is -0.258. The molecule has 0 unspecified atom stereocenters. The number of carbonyl (C=O) groups is 1. The number of pyridine rings is 1. The average molecular weight is 386 g/mol. The molecule has 2 N–H and O–H groups in total. The summed E-state index contributed by atoms with van der Waals surface area (Å²) in [5, 5.41) is 3.78. The summed E-state index contributed by atoms with van der Waals surface area (Å²) in [7, 11) is 0. The zero-order valence-corrected chi connectivity index (χ0v) is 16.9. The molecule has 0 aliphatic carbocycles. The van der Waals surface area contributed by atoms with Crippen molar-refractivity contribution >= 4 is 27.8 Å². The number of amides is 1. The van der Waals surface area contributed by atoms with Crippen LogP contribution in [-0.2, 0) is 6.54 Å². The number of hydrogen-bond acceptors (Lipinski definition) is 4. The van der Waals surface area contributed by atoms with Gasteiger partial charge in [0.2, 0.25) is 0 Å². The van der Waals surface area contributed by atoms with Gasteiger partial charge < -0.3 is 10.3 Å². The van der Waals surface area contributed by atoms with E-state index in [1.807, 2.05) is 45.9 Å². The van der Waals surface area contributed by atoms with Gasteiger partial charge in [-0.25, -0.2) is 9.97 Å². The van der Waals surface area contributed by atoms with Crippen molar-refractivity contribution in [3.63, 3.8) is 0 Å². The van der Waals surface area contributed by atoms with Crippen LogP contribution in [0.4, 0.5) is 0 Å². The second-order valence-electron chi connectivity index (χ2n) is 7.43. The molecule has 0 spiro atoms. The van der Waals surface area contributed by atoms with E-state index in [0.717, 1.165) is 38.9 Å². The molecule has 4 aromatic rings. The third-order valence-corrected chi connectivity index (χ3v) is 5.31. The number of aromatic nitrogens is 3. The van der Waals surface area contributed by atoms with E-state index in [1.165, 1.54) is 0 Å². The Bertz CT molecular complexity index is 1340. The fourth-order valence-electron chi connectivity index (χ4n) is 3.30. The van der Waals surface area contributed by atoms with Crippen LogP contribution in [0.25, 0.3) is 21.9 Å². The first-order valence-corrected chi connectivity index (χ1v) is 9.48. The Morgan fingerprint density at radius 1 is 0.931 bits per heavy atom. The summed E-state index contributed by atoms with van der Waals surface area (Å²) < 4.78 is 0. The minimum absolute atomic E-state index is 0.147. The fraction of sp³-hybridized carbons (Fsp3) is 0.217. The number of aromatic amines is 1. The number of nitrogens with one attached hydrogen (secondary N) is 2. The van der Waals surface area contributed by atoms with Crippen LogP contribution in [0.2, 0.25) is 0 Å². The van der Waals surface area contributed by atoms with Gasteiger partial charge in [0, 0.05) is 23.2 Å². The summed E-state index contributed by atoms with van der Waals surface area (Å²) in [6, 6.07) is 11.1. The van der Waals surface area contributed by atoms with Crippen molar-refractivity contribution in [1.82, 2.24) is 20.3 Å². The van der Waals surface area contributed by atoms with E-state index in [1.54, 1.807) is 18.2 Å². The van der Waals surface area contributed by atoms with Gasteiger partial charge in [-0.05, 0) is 80.6 Å². The average Bonchev–Trinajstić information content (AvgIpc) is 2.68. The van der Waals surface area contributed by atoms with Gasteiger partial charge in [-0.1, -0.05) is 0 Å². The van der Waals surface area contributed by atoms with Crippen molar-refractivity contribution in [3.05, 3.63) is 80.4 Å². The predicted molar refractivity (Wildman–Crippen MR) is 114 cm³/mol. The van der Waals surface area contributed by atoms with Crippen LogP contribution in [0.15, 0.2) is 41.2 Å².